The zero-order valence-electron chi connectivity index (χ0n) is 18.2. The second-order valence-electron chi connectivity index (χ2n) is 8.90. The molecule has 0 aromatic carbocycles. The largest absolute Gasteiger partial charge is 0.486 e. The van der Waals surface area contributed by atoms with E-state index in [1.165, 1.54) is 6.20 Å². The van der Waals surface area contributed by atoms with Crippen LogP contribution in [0.4, 0.5) is 10.2 Å². The quantitative estimate of drug-likeness (QED) is 0.478. The number of carbonyl (C=O) groups excluding carboxylic acids is 1. The molecule has 2 atom stereocenters. The lowest BCUT2D eigenvalue weighted by molar-refractivity contribution is -0.0215. The number of halogens is 1. The smallest absolute Gasteiger partial charge is 0.257 e. The zero-order valence-corrected chi connectivity index (χ0v) is 18.2. The van der Waals surface area contributed by atoms with Gasteiger partial charge in [-0.1, -0.05) is 0 Å². The molecular weight excluding hydrogens is 441 g/mol. The first kappa shape index (κ1) is 19.7. The molecule has 0 radical (unpaired) electrons. The van der Waals surface area contributed by atoms with Gasteiger partial charge in [0.25, 0.3) is 5.91 Å². The Hall–Kier alpha value is -3.73. The first-order chi connectivity index (χ1) is 16.7. The molecule has 0 spiro atoms. The second-order valence-corrected chi connectivity index (χ2v) is 8.90. The molecule has 2 aliphatic heterocycles. The van der Waals surface area contributed by atoms with Crippen molar-refractivity contribution < 1.29 is 18.7 Å². The molecular formula is C23H22FN7O3. The van der Waals surface area contributed by atoms with Crippen molar-refractivity contribution in [3.63, 3.8) is 0 Å². The number of amides is 1. The van der Waals surface area contributed by atoms with E-state index < -0.39 is 12.2 Å². The molecule has 34 heavy (non-hydrogen) atoms. The van der Waals surface area contributed by atoms with Crippen LogP contribution in [0.1, 0.15) is 29.2 Å². The number of hydrogen-bond acceptors (Lipinski definition) is 7. The van der Waals surface area contributed by atoms with Gasteiger partial charge in [0, 0.05) is 23.3 Å². The third-order valence-corrected chi connectivity index (χ3v) is 6.85. The Morgan fingerprint density at radius 3 is 2.94 bits per heavy atom. The van der Waals surface area contributed by atoms with Crippen LogP contribution in [0.25, 0.3) is 27.9 Å². The van der Waals surface area contributed by atoms with E-state index in [0.717, 1.165) is 16.6 Å². The molecule has 2 fully saturated rings. The number of alkyl halides is 1. The SMILES string of the molecule is O=C(N[C@H]1CC[C@@H]1F)c1cnn2c3c(c(-c4cn(C5COC5)c5ncccc45)nc12)OCCN3. The molecule has 4 aromatic heterocycles. The third-order valence-electron chi connectivity index (χ3n) is 6.85. The average molecular weight is 463 g/mol. The Balaban J connectivity index is 1.41. The number of pyridine rings is 1. The van der Waals surface area contributed by atoms with E-state index in [0.29, 0.717) is 67.7 Å². The molecule has 10 nitrogen and oxygen atoms in total. The van der Waals surface area contributed by atoms with Crippen LogP contribution < -0.4 is 15.4 Å². The number of hydrogen-bond donors (Lipinski definition) is 2. The molecule has 3 aliphatic rings. The van der Waals surface area contributed by atoms with Gasteiger partial charge < -0.3 is 24.7 Å². The Bertz CT molecular complexity index is 1440. The molecule has 4 aromatic rings. The van der Waals surface area contributed by atoms with Crippen LogP contribution >= 0.6 is 0 Å². The number of carbonyl (C=O) groups is 1. The summed E-state index contributed by atoms with van der Waals surface area (Å²) in [7, 11) is 0. The van der Waals surface area contributed by atoms with E-state index in [1.54, 1.807) is 10.7 Å². The molecule has 1 saturated carbocycles. The molecule has 1 saturated heterocycles. The normalized spacial score (nSPS) is 21.9. The van der Waals surface area contributed by atoms with E-state index in [9.17, 15) is 9.18 Å². The highest BCUT2D eigenvalue weighted by Crippen LogP contribution is 2.42. The summed E-state index contributed by atoms with van der Waals surface area (Å²) in [6.07, 6.45) is 5.37. The van der Waals surface area contributed by atoms with Gasteiger partial charge >= 0.3 is 0 Å². The van der Waals surface area contributed by atoms with Crippen LogP contribution in [-0.2, 0) is 4.74 Å². The molecule has 7 rings (SSSR count). The minimum absolute atomic E-state index is 0.206. The molecule has 6 heterocycles. The Labute approximate surface area is 193 Å². The lowest BCUT2D eigenvalue weighted by atomic mass is 9.90. The lowest BCUT2D eigenvalue weighted by Gasteiger charge is -2.30. The van der Waals surface area contributed by atoms with Gasteiger partial charge in [-0.25, -0.2) is 14.4 Å². The van der Waals surface area contributed by atoms with Crippen LogP contribution in [0.5, 0.6) is 5.75 Å². The Morgan fingerprint density at radius 2 is 2.18 bits per heavy atom. The van der Waals surface area contributed by atoms with Crippen LogP contribution in [0.3, 0.4) is 0 Å². The number of anilines is 1. The van der Waals surface area contributed by atoms with Crippen molar-refractivity contribution in [3.05, 3.63) is 36.3 Å². The number of nitrogens with zero attached hydrogens (tertiary/aromatic N) is 5. The van der Waals surface area contributed by atoms with Gasteiger partial charge in [-0.15, -0.1) is 0 Å². The fourth-order valence-electron chi connectivity index (χ4n) is 4.74. The summed E-state index contributed by atoms with van der Waals surface area (Å²) in [6, 6.07) is 3.64. The van der Waals surface area contributed by atoms with E-state index in [-0.39, 0.29) is 11.9 Å². The highest BCUT2D eigenvalue weighted by molar-refractivity contribution is 6.02. The summed E-state index contributed by atoms with van der Waals surface area (Å²) < 4.78 is 28.9. The number of fused-ring (bicyclic) bond motifs is 4. The summed E-state index contributed by atoms with van der Waals surface area (Å²) in [5, 5.41) is 11.4. The predicted octanol–water partition coefficient (Wildman–Crippen LogP) is 2.35. The van der Waals surface area contributed by atoms with Crippen molar-refractivity contribution in [2.75, 3.05) is 31.7 Å². The number of nitrogens with one attached hydrogen (secondary N) is 2. The third kappa shape index (κ3) is 2.82. The average Bonchev–Trinajstić information content (AvgIpc) is 3.42. The second kappa shape index (κ2) is 7.39. The summed E-state index contributed by atoms with van der Waals surface area (Å²) in [6.45, 7) is 2.34. The summed E-state index contributed by atoms with van der Waals surface area (Å²) >= 11 is 0. The summed E-state index contributed by atoms with van der Waals surface area (Å²) in [5.41, 5.74) is 2.98. The monoisotopic (exact) mass is 463 g/mol. The maximum atomic E-state index is 13.8. The molecule has 2 N–H and O–H groups in total. The summed E-state index contributed by atoms with van der Waals surface area (Å²) in [4.78, 5) is 22.5. The van der Waals surface area contributed by atoms with Crippen molar-refractivity contribution in [1.29, 1.82) is 0 Å². The van der Waals surface area contributed by atoms with Gasteiger partial charge in [0.15, 0.2) is 17.2 Å². The van der Waals surface area contributed by atoms with Crippen molar-refractivity contribution in [3.8, 4) is 17.0 Å². The predicted molar refractivity (Wildman–Crippen MR) is 121 cm³/mol. The first-order valence-corrected chi connectivity index (χ1v) is 11.5. The van der Waals surface area contributed by atoms with Crippen LogP contribution in [0.2, 0.25) is 0 Å². The minimum atomic E-state index is -1.01. The molecule has 174 valence electrons. The van der Waals surface area contributed by atoms with Gasteiger partial charge in [0.05, 0.1) is 38.0 Å². The molecule has 1 amide bonds. The van der Waals surface area contributed by atoms with Crippen molar-refractivity contribution >= 4 is 28.4 Å². The topological polar surface area (TPSA) is 108 Å². The van der Waals surface area contributed by atoms with E-state index in [1.807, 2.05) is 18.3 Å². The fraction of sp³-hybridized carbons (Fsp3) is 0.391. The van der Waals surface area contributed by atoms with Gasteiger partial charge in [-0.05, 0) is 25.0 Å². The standard InChI is InChI=1S/C23H22FN7O3/c24-16-3-4-17(16)28-23(32)14-8-27-31-21(14)29-18(19-22(31)26-6-7-34-19)15-9-30(12-10-33-11-12)20-13(15)2-1-5-25-20/h1-2,5,8-9,12,16-17,26H,3-4,6-7,10-11H2,(H,28,32)/t16-,17-/m0/s1. The van der Waals surface area contributed by atoms with Gasteiger partial charge in [-0.3, -0.25) is 4.79 Å². The van der Waals surface area contributed by atoms with Gasteiger partial charge in [0.2, 0.25) is 0 Å². The highest BCUT2D eigenvalue weighted by Gasteiger charge is 2.34. The number of rotatable bonds is 4. The van der Waals surface area contributed by atoms with Crippen molar-refractivity contribution in [2.45, 2.75) is 31.1 Å². The number of aromatic nitrogens is 5. The Morgan fingerprint density at radius 1 is 1.26 bits per heavy atom. The van der Waals surface area contributed by atoms with Crippen LogP contribution in [-0.4, -0.2) is 68.6 Å². The van der Waals surface area contributed by atoms with E-state index in [4.69, 9.17) is 14.5 Å². The first-order valence-electron chi connectivity index (χ1n) is 11.5. The van der Waals surface area contributed by atoms with E-state index in [2.05, 4.69) is 25.3 Å². The molecule has 0 bridgehead atoms. The van der Waals surface area contributed by atoms with Crippen LogP contribution in [0, 0.1) is 0 Å². The maximum Gasteiger partial charge on any atom is 0.257 e. The molecule has 11 heteroatoms. The maximum absolute atomic E-state index is 13.8. The molecule has 0 unspecified atom stereocenters. The van der Waals surface area contributed by atoms with E-state index >= 15 is 0 Å². The fourth-order valence-corrected chi connectivity index (χ4v) is 4.74. The van der Waals surface area contributed by atoms with Crippen LogP contribution in [0.15, 0.2) is 30.7 Å². The minimum Gasteiger partial charge on any atom is -0.486 e. The summed E-state index contributed by atoms with van der Waals surface area (Å²) in [5.74, 6) is 0.826. The zero-order chi connectivity index (χ0) is 22.8. The van der Waals surface area contributed by atoms with Gasteiger partial charge in [-0.2, -0.15) is 9.61 Å². The van der Waals surface area contributed by atoms with Crippen molar-refractivity contribution in [1.82, 2.24) is 29.5 Å². The molecule has 1 aliphatic carbocycles. The van der Waals surface area contributed by atoms with Crippen molar-refractivity contribution in [2.24, 2.45) is 0 Å². The Kier molecular flexibility index (Phi) is 4.28. The number of ether oxygens (including phenoxy) is 2. The highest BCUT2D eigenvalue weighted by atomic mass is 19.1. The lowest BCUT2D eigenvalue weighted by Crippen LogP contribution is -2.48. The van der Waals surface area contributed by atoms with Gasteiger partial charge in [0.1, 0.15) is 29.7 Å².